The summed E-state index contributed by atoms with van der Waals surface area (Å²) in [7, 11) is -2.70. The number of anilines is 1. The summed E-state index contributed by atoms with van der Waals surface area (Å²) in [6.45, 7) is 1.93. The minimum atomic E-state index is -3.92. The zero-order valence-corrected chi connectivity index (χ0v) is 15.9. The van der Waals surface area contributed by atoms with E-state index in [1.54, 1.807) is 24.3 Å². The molecule has 3 aromatic rings. The Bertz CT molecular complexity index is 1190. The molecule has 0 saturated carbocycles. The Hall–Kier alpha value is -3.33. The van der Waals surface area contributed by atoms with E-state index in [9.17, 15) is 13.2 Å². The van der Waals surface area contributed by atoms with Gasteiger partial charge in [-0.1, -0.05) is 17.7 Å². The number of methoxy groups -OCH3 is 1. The predicted octanol–water partition coefficient (Wildman–Crippen LogP) is 2.86. The first-order valence-electron chi connectivity index (χ1n) is 8.29. The molecular weight excluding hydrogens is 384 g/mol. The van der Waals surface area contributed by atoms with Crippen LogP contribution in [0.15, 0.2) is 47.4 Å². The van der Waals surface area contributed by atoms with Gasteiger partial charge >= 0.3 is 5.97 Å². The lowest BCUT2D eigenvalue weighted by Gasteiger charge is -2.12. The lowest BCUT2D eigenvalue weighted by Crippen LogP contribution is -2.16. The molecule has 1 aromatic heterocycles. The molecule has 0 amide bonds. The van der Waals surface area contributed by atoms with Gasteiger partial charge in [-0.25, -0.2) is 18.2 Å². The summed E-state index contributed by atoms with van der Waals surface area (Å²) in [5, 5.41) is 1.02. The molecule has 0 aliphatic carbocycles. The van der Waals surface area contributed by atoms with E-state index in [4.69, 9.17) is 14.2 Å². The Morgan fingerprint density at radius 2 is 1.79 bits per heavy atom. The average molecular weight is 400 g/mol. The zero-order chi connectivity index (χ0) is 19.9. The third-order valence-corrected chi connectivity index (χ3v) is 5.64. The second kappa shape index (κ2) is 6.68. The van der Waals surface area contributed by atoms with Crippen LogP contribution in [-0.4, -0.2) is 33.3 Å². The SMILES string of the molecule is COC(=O)c1cc2cc3c(cc2c(NS(=O)(=O)c2ccc(C)cc2)n1)OCO3. The molecule has 1 N–H and O–H groups in total. The first kappa shape index (κ1) is 18.1. The number of fused-ring (bicyclic) bond motifs is 2. The second-order valence-corrected chi connectivity index (χ2v) is 7.88. The zero-order valence-electron chi connectivity index (χ0n) is 15.1. The van der Waals surface area contributed by atoms with Crippen molar-refractivity contribution in [3.8, 4) is 11.5 Å². The number of pyridine rings is 1. The van der Waals surface area contributed by atoms with Gasteiger partial charge in [0, 0.05) is 5.39 Å². The van der Waals surface area contributed by atoms with Crippen molar-refractivity contribution in [2.45, 2.75) is 11.8 Å². The molecule has 0 spiro atoms. The molecule has 0 saturated heterocycles. The third kappa shape index (κ3) is 3.20. The van der Waals surface area contributed by atoms with Gasteiger partial charge in [0.15, 0.2) is 17.2 Å². The smallest absolute Gasteiger partial charge is 0.356 e. The number of hydrogen-bond acceptors (Lipinski definition) is 7. The van der Waals surface area contributed by atoms with Crippen LogP contribution in [0.25, 0.3) is 10.8 Å². The maximum atomic E-state index is 12.8. The van der Waals surface area contributed by atoms with Gasteiger partial charge in [-0.3, -0.25) is 4.72 Å². The maximum absolute atomic E-state index is 12.8. The van der Waals surface area contributed by atoms with Crippen LogP contribution < -0.4 is 14.2 Å². The van der Waals surface area contributed by atoms with E-state index in [0.717, 1.165) is 5.56 Å². The molecule has 4 rings (SSSR count). The number of hydrogen-bond donors (Lipinski definition) is 1. The van der Waals surface area contributed by atoms with Crippen molar-refractivity contribution in [1.82, 2.24) is 4.98 Å². The van der Waals surface area contributed by atoms with Gasteiger partial charge in [-0.2, -0.15) is 0 Å². The fourth-order valence-electron chi connectivity index (χ4n) is 2.83. The third-order valence-electron chi connectivity index (χ3n) is 4.28. The Kier molecular flexibility index (Phi) is 4.31. The second-order valence-electron chi connectivity index (χ2n) is 6.19. The standard InChI is InChI=1S/C19H16N2O6S/c1-11-3-5-13(6-4-11)28(23,24)21-18-14-9-17-16(26-10-27-17)8-12(14)7-15(20-18)19(22)25-2/h3-9H,10H2,1-2H3,(H,20,21). The van der Waals surface area contributed by atoms with Crippen molar-refractivity contribution in [3.05, 3.63) is 53.7 Å². The number of benzene rings is 2. The number of carbonyl (C=O) groups excluding carboxylic acids is 1. The Morgan fingerprint density at radius 3 is 2.46 bits per heavy atom. The highest BCUT2D eigenvalue weighted by Crippen LogP contribution is 2.38. The highest BCUT2D eigenvalue weighted by atomic mass is 32.2. The first-order valence-corrected chi connectivity index (χ1v) is 9.78. The topological polar surface area (TPSA) is 104 Å². The Labute approximate surface area is 161 Å². The quantitative estimate of drug-likeness (QED) is 0.672. The number of ether oxygens (including phenoxy) is 3. The number of aromatic nitrogens is 1. The van der Waals surface area contributed by atoms with Gasteiger partial charge < -0.3 is 14.2 Å². The van der Waals surface area contributed by atoms with Gasteiger partial charge in [0.25, 0.3) is 10.0 Å². The Balaban J connectivity index is 1.86. The van der Waals surface area contributed by atoms with Gasteiger partial charge in [0.1, 0.15) is 5.82 Å². The van der Waals surface area contributed by atoms with Crippen LogP contribution in [0.3, 0.4) is 0 Å². The van der Waals surface area contributed by atoms with E-state index in [0.29, 0.717) is 22.3 Å². The van der Waals surface area contributed by atoms with Gasteiger partial charge in [-0.05, 0) is 42.6 Å². The molecule has 28 heavy (non-hydrogen) atoms. The monoisotopic (exact) mass is 400 g/mol. The molecule has 0 radical (unpaired) electrons. The van der Waals surface area contributed by atoms with Crippen LogP contribution in [0, 0.1) is 6.92 Å². The molecular formula is C19H16N2O6S. The molecule has 1 aliphatic rings. The number of nitrogens with one attached hydrogen (secondary N) is 1. The number of nitrogens with zero attached hydrogens (tertiary/aromatic N) is 1. The van der Waals surface area contributed by atoms with Gasteiger partial charge in [0.2, 0.25) is 6.79 Å². The lowest BCUT2D eigenvalue weighted by molar-refractivity contribution is 0.0594. The molecule has 0 fully saturated rings. The van der Waals surface area contributed by atoms with Crippen molar-refractivity contribution in [1.29, 1.82) is 0 Å². The van der Waals surface area contributed by atoms with Crippen molar-refractivity contribution >= 4 is 32.6 Å². The molecule has 2 aromatic carbocycles. The fourth-order valence-corrected chi connectivity index (χ4v) is 3.86. The number of sulfonamides is 1. The minimum absolute atomic E-state index is 0.00299. The molecule has 0 bridgehead atoms. The van der Waals surface area contributed by atoms with E-state index in [1.807, 2.05) is 6.92 Å². The van der Waals surface area contributed by atoms with E-state index in [2.05, 4.69) is 9.71 Å². The maximum Gasteiger partial charge on any atom is 0.356 e. The van der Waals surface area contributed by atoms with E-state index < -0.39 is 16.0 Å². The molecule has 9 heteroatoms. The van der Waals surface area contributed by atoms with Crippen LogP contribution in [0.5, 0.6) is 11.5 Å². The van der Waals surface area contributed by atoms with Gasteiger partial charge in [-0.15, -0.1) is 0 Å². The average Bonchev–Trinajstić information content (AvgIpc) is 3.13. The molecule has 1 aliphatic heterocycles. The number of carbonyl (C=O) groups is 1. The lowest BCUT2D eigenvalue weighted by atomic mass is 10.1. The van der Waals surface area contributed by atoms with Crippen LogP contribution >= 0.6 is 0 Å². The molecule has 0 unspecified atom stereocenters. The highest BCUT2D eigenvalue weighted by molar-refractivity contribution is 7.92. The summed E-state index contributed by atoms with van der Waals surface area (Å²) in [4.78, 5) is 16.2. The fraction of sp³-hybridized carbons (Fsp3) is 0.158. The van der Waals surface area contributed by atoms with E-state index in [1.165, 1.54) is 25.3 Å². The summed E-state index contributed by atoms with van der Waals surface area (Å²) in [6, 6.07) is 11.2. The van der Waals surface area contributed by atoms with E-state index in [-0.39, 0.29) is 23.2 Å². The normalized spacial score (nSPS) is 12.8. The van der Waals surface area contributed by atoms with Gasteiger partial charge in [0.05, 0.1) is 12.0 Å². The summed E-state index contributed by atoms with van der Waals surface area (Å²) in [6.07, 6.45) is 0. The summed E-state index contributed by atoms with van der Waals surface area (Å²) in [5.74, 6) is 0.282. The minimum Gasteiger partial charge on any atom is -0.464 e. The number of aryl methyl sites for hydroxylation is 1. The van der Waals surface area contributed by atoms with Crippen LogP contribution in [0.1, 0.15) is 16.1 Å². The Morgan fingerprint density at radius 1 is 1.11 bits per heavy atom. The summed E-state index contributed by atoms with van der Waals surface area (Å²) < 4.78 is 43.6. The highest BCUT2D eigenvalue weighted by Gasteiger charge is 2.22. The number of esters is 1. The number of rotatable bonds is 4. The van der Waals surface area contributed by atoms with Crippen LogP contribution in [0.2, 0.25) is 0 Å². The molecule has 0 atom stereocenters. The van der Waals surface area contributed by atoms with Crippen LogP contribution in [-0.2, 0) is 14.8 Å². The van der Waals surface area contributed by atoms with Crippen molar-refractivity contribution in [2.75, 3.05) is 18.6 Å². The summed E-state index contributed by atoms with van der Waals surface area (Å²) in [5.41, 5.74) is 0.901. The largest absolute Gasteiger partial charge is 0.464 e. The predicted molar refractivity (Wildman–Crippen MR) is 101 cm³/mol. The molecule has 2 heterocycles. The van der Waals surface area contributed by atoms with Crippen LogP contribution in [0.4, 0.5) is 5.82 Å². The molecule has 8 nitrogen and oxygen atoms in total. The van der Waals surface area contributed by atoms with Crippen molar-refractivity contribution in [2.24, 2.45) is 0 Å². The first-order chi connectivity index (χ1) is 13.4. The molecule has 144 valence electrons. The van der Waals surface area contributed by atoms with E-state index >= 15 is 0 Å². The van der Waals surface area contributed by atoms with Crippen molar-refractivity contribution in [3.63, 3.8) is 0 Å². The summed E-state index contributed by atoms with van der Waals surface area (Å²) >= 11 is 0. The van der Waals surface area contributed by atoms with Crippen molar-refractivity contribution < 1.29 is 27.4 Å².